The molecule has 1 fully saturated rings. The fraction of sp³-hybridized carbons (Fsp3) is 0.471. The number of amides is 2. The Morgan fingerprint density at radius 3 is 2.93 bits per heavy atom. The van der Waals surface area contributed by atoms with Crippen molar-refractivity contribution in [1.29, 1.82) is 5.26 Å². The van der Waals surface area contributed by atoms with Gasteiger partial charge in [-0.25, -0.2) is 4.79 Å². The van der Waals surface area contributed by atoms with Crippen LogP contribution < -0.4 is 5.32 Å². The number of urea groups is 1. The number of nitrogens with one attached hydrogen (secondary N) is 1. The monoisotopic (exact) mass is 394 g/mol. The van der Waals surface area contributed by atoms with Crippen LogP contribution in [-0.4, -0.2) is 51.9 Å². The smallest absolute Gasteiger partial charge is 0.338 e. The molecule has 28 heavy (non-hydrogen) atoms. The van der Waals surface area contributed by atoms with Crippen LogP contribution in [0.4, 0.5) is 18.0 Å². The maximum atomic E-state index is 14.0. The highest BCUT2D eigenvalue weighted by Crippen LogP contribution is 2.47. The quantitative estimate of drug-likeness (QED) is 0.781. The molecule has 11 heteroatoms. The number of aromatic nitrogens is 3. The molecule has 1 aliphatic heterocycles. The maximum Gasteiger partial charge on any atom is 0.405 e. The molecule has 0 saturated carbocycles. The summed E-state index contributed by atoms with van der Waals surface area (Å²) < 4.78 is 46.9. The second kappa shape index (κ2) is 7.84. The van der Waals surface area contributed by atoms with Gasteiger partial charge >= 0.3 is 12.2 Å². The fourth-order valence-electron chi connectivity index (χ4n) is 3.00. The Morgan fingerprint density at radius 1 is 1.43 bits per heavy atom. The zero-order chi connectivity index (χ0) is 20.2. The molecule has 8 nitrogen and oxygen atoms in total. The van der Waals surface area contributed by atoms with Crippen molar-refractivity contribution in [3.63, 3.8) is 0 Å². The Morgan fingerprint density at radius 2 is 2.25 bits per heavy atom. The number of unbranched alkanes of at least 4 members (excludes halogenated alkanes) is 1. The number of hydrogen-bond acceptors (Lipinski definition) is 6. The molecule has 0 aliphatic carbocycles. The van der Waals surface area contributed by atoms with Crippen LogP contribution in [0.25, 0.3) is 11.5 Å². The summed E-state index contributed by atoms with van der Waals surface area (Å²) in [6.07, 6.45) is -2.91. The van der Waals surface area contributed by atoms with Gasteiger partial charge in [0.05, 0.1) is 6.07 Å². The Labute approximate surface area is 158 Å². The minimum Gasteiger partial charge on any atom is -0.338 e. The highest BCUT2D eigenvalue weighted by atomic mass is 19.4. The van der Waals surface area contributed by atoms with Crippen molar-refractivity contribution in [2.45, 2.75) is 30.9 Å². The highest BCUT2D eigenvalue weighted by Gasteiger charge is 2.63. The Hall–Kier alpha value is -3.16. The van der Waals surface area contributed by atoms with E-state index >= 15 is 0 Å². The summed E-state index contributed by atoms with van der Waals surface area (Å²) in [5.41, 5.74) is -2.14. The molecule has 2 amide bonds. The van der Waals surface area contributed by atoms with Gasteiger partial charge in [-0.3, -0.25) is 4.98 Å². The normalized spacial score (nSPS) is 19.4. The minimum atomic E-state index is -4.68. The molecular weight excluding hydrogens is 377 g/mol. The number of carbonyl (C=O) groups is 1. The van der Waals surface area contributed by atoms with Gasteiger partial charge in [0.25, 0.3) is 0 Å². The van der Waals surface area contributed by atoms with Crippen LogP contribution in [0.3, 0.4) is 0 Å². The first-order valence-corrected chi connectivity index (χ1v) is 8.59. The van der Waals surface area contributed by atoms with Crippen LogP contribution in [0.15, 0.2) is 28.9 Å². The molecule has 0 spiro atoms. The lowest BCUT2D eigenvalue weighted by Gasteiger charge is -2.27. The van der Waals surface area contributed by atoms with E-state index in [0.717, 1.165) is 4.90 Å². The van der Waals surface area contributed by atoms with Crippen molar-refractivity contribution in [1.82, 2.24) is 25.3 Å². The molecular formula is C17H17F3N6O2. The van der Waals surface area contributed by atoms with Crippen molar-refractivity contribution in [2.75, 3.05) is 19.6 Å². The molecule has 0 radical (unpaired) electrons. The number of pyridine rings is 1. The topological polar surface area (TPSA) is 108 Å². The van der Waals surface area contributed by atoms with E-state index < -0.39 is 30.1 Å². The molecule has 1 atom stereocenters. The molecule has 3 rings (SSSR count). The lowest BCUT2D eigenvalue weighted by molar-refractivity contribution is -0.193. The predicted octanol–water partition coefficient (Wildman–Crippen LogP) is 2.65. The first-order valence-electron chi connectivity index (χ1n) is 8.59. The Bertz CT molecular complexity index is 864. The van der Waals surface area contributed by atoms with E-state index in [-0.39, 0.29) is 31.8 Å². The number of nitrogens with zero attached hydrogens (tertiary/aromatic N) is 5. The van der Waals surface area contributed by atoms with E-state index in [2.05, 4.69) is 20.4 Å². The molecule has 2 aromatic rings. The molecule has 1 saturated heterocycles. The van der Waals surface area contributed by atoms with Crippen molar-refractivity contribution >= 4 is 6.03 Å². The summed E-state index contributed by atoms with van der Waals surface area (Å²) in [5, 5.41) is 14.6. The van der Waals surface area contributed by atoms with Crippen LogP contribution in [0.1, 0.15) is 25.2 Å². The number of carbonyl (C=O) groups excluding carboxylic acids is 1. The van der Waals surface area contributed by atoms with Gasteiger partial charge in [-0.15, -0.1) is 0 Å². The molecule has 148 valence electrons. The van der Waals surface area contributed by atoms with Gasteiger partial charge < -0.3 is 14.7 Å². The summed E-state index contributed by atoms with van der Waals surface area (Å²) in [4.78, 5) is 21.2. The summed E-state index contributed by atoms with van der Waals surface area (Å²) in [6, 6.07) is 6.19. The maximum absolute atomic E-state index is 14.0. The third-order valence-corrected chi connectivity index (χ3v) is 4.57. The van der Waals surface area contributed by atoms with Gasteiger partial charge in [0.2, 0.25) is 11.7 Å². The van der Waals surface area contributed by atoms with E-state index in [9.17, 15) is 18.0 Å². The first-order chi connectivity index (χ1) is 13.4. The molecule has 1 N–H and O–H groups in total. The standard InChI is InChI=1S/C17H17F3N6O2/c18-17(19,20)16(6-10-26(11-16)15(27)23-9-4-2-7-21)14-24-13(25-28-14)12-5-1-3-8-22-12/h1,3,5,8H,2,4,6,9-11H2,(H,23,27). The summed E-state index contributed by atoms with van der Waals surface area (Å²) >= 11 is 0. The third kappa shape index (κ3) is 3.76. The van der Waals surface area contributed by atoms with E-state index in [0.29, 0.717) is 12.1 Å². The van der Waals surface area contributed by atoms with Crippen molar-refractivity contribution in [3.8, 4) is 17.6 Å². The van der Waals surface area contributed by atoms with Crippen molar-refractivity contribution in [2.24, 2.45) is 0 Å². The Kier molecular flexibility index (Phi) is 5.48. The van der Waals surface area contributed by atoms with Crippen LogP contribution in [0.5, 0.6) is 0 Å². The molecule has 0 aromatic carbocycles. The van der Waals surface area contributed by atoms with Gasteiger partial charge in [-0.1, -0.05) is 11.2 Å². The van der Waals surface area contributed by atoms with Crippen LogP contribution in [0.2, 0.25) is 0 Å². The lowest BCUT2D eigenvalue weighted by Crippen LogP contribution is -2.47. The number of halogens is 3. The molecule has 0 bridgehead atoms. The lowest BCUT2D eigenvalue weighted by atomic mass is 9.86. The van der Waals surface area contributed by atoms with E-state index in [1.54, 1.807) is 18.2 Å². The second-order valence-electron chi connectivity index (χ2n) is 6.38. The van der Waals surface area contributed by atoms with Gasteiger partial charge in [0.1, 0.15) is 5.69 Å². The number of hydrogen-bond donors (Lipinski definition) is 1. The van der Waals surface area contributed by atoms with E-state index in [1.165, 1.54) is 6.20 Å². The summed E-state index contributed by atoms with van der Waals surface area (Å²) in [6.45, 7) is -0.512. The third-order valence-electron chi connectivity index (χ3n) is 4.57. The van der Waals surface area contributed by atoms with E-state index in [4.69, 9.17) is 9.78 Å². The zero-order valence-corrected chi connectivity index (χ0v) is 14.7. The molecule has 2 aromatic heterocycles. The minimum absolute atomic E-state index is 0.0429. The van der Waals surface area contributed by atoms with Crippen molar-refractivity contribution < 1.29 is 22.5 Å². The van der Waals surface area contributed by atoms with Crippen LogP contribution in [-0.2, 0) is 5.41 Å². The van der Waals surface area contributed by atoms with Gasteiger partial charge in [-0.2, -0.15) is 23.4 Å². The van der Waals surface area contributed by atoms with Gasteiger partial charge in [0, 0.05) is 32.3 Å². The average Bonchev–Trinajstić information content (AvgIpc) is 3.33. The predicted molar refractivity (Wildman–Crippen MR) is 89.7 cm³/mol. The second-order valence-corrected chi connectivity index (χ2v) is 6.38. The number of alkyl halides is 3. The molecule has 1 unspecified atom stereocenters. The number of nitriles is 1. The average molecular weight is 394 g/mol. The molecule has 3 heterocycles. The summed E-state index contributed by atoms with van der Waals surface area (Å²) in [5.74, 6) is -0.626. The van der Waals surface area contributed by atoms with Crippen LogP contribution >= 0.6 is 0 Å². The Balaban J connectivity index is 1.79. The van der Waals surface area contributed by atoms with Crippen LogP contribution in [0, 0.1) is 11.3 Å². The molecule has 1 aliphatic rings. The SMILES string of the molecule is N#CCCCNC(=O)N1CCC(c2nc(-c3ccccn3)no2)(C(F)(F)F)C1. The number of likely N-dealkylation sites (tertiary alicyclic amines) is 1. The van der Waals surface area contributed by atoms with Crippen molar-refractivity contribution in [3.05, 3.63) is 30.3 Å². The largest absolute Gasteiger partial charge is 0.405 e. The number of rotatable bonds is 5. The van der Waals surface area contributed by atoms with Gasteiger partial charge in [-0.05, 0) is 25.0 Å². The van der Waals surface area contributed by atoms with Gasteiger partial charge in [0.15, 0.2) is 5.41 Å². The van der Waals surface area contributed by atoms with E-state index in [1.807, 2.05) is 6.07 Å². The first kappa shape index (κ1) is 19.6. The fourth-order valence-corrected chi connectivity index (χ4v) is 3.00. The highest BCUT2D eigenvalue weighted by molar-refractivity contribution is 5.74. The zero-order valence-electron chi connectivity index (χ0n) is 14.7. The summed E-state index contributed by atoms with van der Waals surface area (Å²) in [7, 11) is 0.